The van der Waals surface area contributed by atoms with Gasteiger partial charge in [0.1, 0.15) is 0 Å². The van der Waals surface area contributed by atoms with Gasteiger partial charge in [-0.2, -0.15) is 0 Å². The molecule has 0 unspecified atom stereocenters. The summed E-state index contributed by atoms with van der Waals surface area (Å²) in [6, 6.07) is 14.9. The molecule has 0 aliphatic rings. The number of nitrogens with zero attached hydrogens (tertiary/aromatic N) is 3. The molecule has 0 aliphatic heterocycles. The van der Waals surface area contributed by atoms with Gasteiger partial charge < -0.3 is 4.42 Å². The molecule has 4 nitrogen and oxygen atoms in total. The number of hydrogen-bond acceptors (Lipinski definition) is 4. The SMILES string of the molecule is Cc1ccc(Cl)cc1-n1c(SCc2ccc(Cl)cc2Cl)nnc1-c1ccco1. The van der Waals surface area contributed by atoms with Crippen molar-refractivity contribution in [2.24, 2.45) is 0 Å². The van der Waals surface area contributed by atoms with E-state index in [4.69, 9.17) is 39.2 Å². The third-order valence-electron chi connectivity index (χ3n) is 4.16. The van der Waals surface area contributed by atoms with Gasteiger partial charge in [-0.3, -0.25) is 4.57 Å². The maximum Gasteiger partial charge on any atom is 0.205 e. The Morgan fingerprint density at radius 3 is 2.54 bits per heavy atom. The molecule has 0 radical (unpaired) electrons. The second kappa shape index (κ2) is 8.21. The van der Waals surface area contributed by atoms with Crippen molar-refractivity contribution in [2.45, 2.75) is 17.8 Å². The Kier molecular flexibility index (Phi) is 5.69. The molecular formula is C20H14Cl3N3OS. The minimum absolute atomic E-state index is 0.608. The average molecular weight is 451 g/mol. The first kappa shape index (κ1) is 19.4. The van der Waals surface area contributed by atoms with Crippen LogP contribution in [0, 0.1) is 6.92 Å². The molecule has 0 spiro atoms. The van der Waals surface area contributed by atoms with Gasteiger partial charge in [-0.25, -0.2) is 0 Å². The van der Waals surface area contributed by atoms with E-state index in [1.807, 2.05) is 54.0 Å². The molecule has 4 rings (SSSR count). The summed E-state index contributed by atoms with van der Waals surface area (Å²) >= 11 is 20.1. The second-order valence-corrected chi connectivity index (χ2v) is 8.30. The Hall–Kier alpha value is -1.92. The summed E-state index contributed by atoms with van der Waals surface area (Å²) in [5.74, 6) is 1.86. The summed E-state index contributed by atoms with van der Waals surface area (Å²) in [4.78, 5) is 0. The molecule has 0 saturated carbocycles. The highest BCUT2D eigenvalue weighted by Crippen LogP contribution is 2.33. The molecule has 2 aromatic carbocycles. The fraction of sp³-hybridized carbons (Fsp3) is 0.100. The zero-order chi connectivity index (χ0) is 19.7. The van der Waals surface area contributed by atoms with Crippen LogP contribution in [0.1, 0.15) is 11.1 Å². The van der Waals surface area contributed by atoms with Gasteiger partial charge in [0.05, 0.1) is 12.0 Å². The predicted molar refractivity (Wildman–Crippen MR) is 115 cm³/mol. The lowest BCUT2D eigenvalue weighted by Gasteiger charge is -2.13. The number of furan rings is 1. The first-order chi connectivity index (χ1) is 13.5. The van der Waals surface area contributed by atoms with E-state index in [9.17, 15) is 0 Å². The van der Waals surface area contributed by atoms with E-state index in [-0.39, 0.29) is 0 Å². The van der Waals surface area contributed by atoms with Crippen LogP contribution in [0.15, 0.2) is 64.4 Å². The highest BCUT2D eigenvalue weighted by Gasteiger charge is 2.20. The summed E-state index contributed by atoms with van der Waals surface area (Å²) in [7, 11) is 0. The summed E-state index contributed by atoms with van der Waals surface area (Å²) < 4.78 is 7.51. The lowest BCUT2D eigenvalue weighted by Crippen LogP contribution is -2.02. The van der Waals surface area contributed by atoms with Gasteiger partial charge in [0.25, 0.3) is 0 Å². The van der Waals surface area contributed by atoms with Crippen molar-refractivity contribution in [3.63, 3.8) is 0 Å². The summed E-state index contributed by atoms with van der Waals surface area (Å²) in [6.07, 6.45) is 1.61. The molecule has 0 fully saturated rings. The number of thioether (sulfide) groups is 1. The monoisotopic (exact) mass is 449 g/mol. The molecule has 2 heterocycles. The molecule has 0 saturated heterocycles. The molecule has 8 heteroatoms. The molecule has 28 heavy (non-hydrogen) atoms. The van der Waals surface area contributed by atoms with Crippen LogP contribution in [-0.4, -0.2) is 14.8 Å². The van der Waals surface area contributed by atoms with Crippen LogP contribution in [0.25, 0.3) is 17.3 Å². The molecule has 142 valence electrons. The fourth-order valence-corrected chi connectivity index (χ4v) is 4.42. The van der Waals surface area contributed by atoms with Gasteiger partial charge in [-0.1, -0.05) is 58.7 Å². The quantitative estimate of drug-likeness (QED) is 0.304. The Balaban J connectivity index is 1.76. The lowest BCUT2D eigenvalue weighted by molar-refractivity contribution is 0.575. The summed E-state index contributed by atoms with van der Waals surface area (Å²) in [6.45, 7) is 2.02. The van der Waals surface area contributed by atoms with Crippen molar-refractivity contribution in [3.05, 3.63) is 81.0 Å². The third kappa shape index (κ3) is 3.94. The number of rotatable bonds is 5. The lowest BCUT2D eigenvalue weighted by atomic mass is 10.2. The van der Waals surface area contributed by atoms with E-state index in [2.05, 4.69) is 10.2 Å². The summed E-state index contributed by atoms with van der Waals surface area (Å²) in [5, 5.41) is 11.3. The van der Waals surface area contributed by atoms with E-state index >= 15 is 0 Å². The van der Waals surface area contributed by atoms with Crippen molar-refractivity contribution in [1.29, 1.82) is 0 Å². The number of halogens is 3. The average Bonchev–Trinajstić information content (AvgIpc) is 3.32. The van der Waals surface area contributed by atoms with E-state index in [0.717, 1.165) is 16.8 Å². The van der Waals surface area contributed by atoms with Gasteiger partial charge >= 0.3 is 0 Å². The Morgan fingerprint density at radius 1 is 1.00 bits per heavy atom. The molecule has 0 aliphatic carbocycles. The number of hydrogen-bond donors (Lipinski definition) is 0. The van der Waals surface area contributed by atoms with Crippen molar-refractivity contribution < 1.29 is 4.42 Å². The molecule has 0 amide bonds. The first-order valence-corrected chi connectivity index (χ1v) is 10.5. The van der Waals surface area contributed by atoms with Crippen molar-refractivity contribution >= 4 is 46.6 Å². The van der Waals surface area contributed by atoms with E-state index in [1.165, 1.54) is 11.8 Å². The van der Waals surface area contributed by atoms with Gasteiger partial charge in [-0.05, 0) is 54.4 Å². The standard InChI is InChI=1S/C20H14Cl3N3OS/c1-12-4-6-15(22)10-17(12)26-19(18-3-2-8-27-18)24-25-20(26)28-11-13-5-7-14(21)9-16(13)23/h2-10H,11H2,1H3. The maximum absolute atomic E-state index is 6.31. The highest BCUT2D eigenvalue weighted by atomic mass is 35.5. The third-order valence-corrected chi connectivity index (χ3v) is 5.96. The Labute approximate surface area is 181 Å². The maximum atomic E-state index is 6.31. The zero-order valence-corrected chi connectivity index (χ0v) is 17.8. The molecule has 0 atom stereocenters. The fourth-order valence-electron chi connectivity index (χ4n) is 2.75. The van der Waals surface area contributed by atoms with Crippen molar-refractivity contribution in [1.82, 2.24) is 14.8 Å². The van der Waals surface area contributed by atoms with Crippen LogP contribution in [0.5, 0.6) is 0 Å². The normalized spacial score (nSPS) is 11.1. The van der Waals surface area contributed by atoms with Crippen LogP contribution in [0.2, 0.25) is 15.1 Å². The highest BCUT2D eigenvalue weighted by molar-refractivity contribution is 7.98. The van der Waals surface area contributed by atoms with Crippen LogP contribution in [0.4, 0.5) is 0 Å². The Bertz CT molecular complexity index is 1130. The van der Waals surface area contributed by atoms with Crippen molar-refractivity contribution in [2.75, 3.05) is 0 Å². The van der Waals surface area contributed by atoms with Crippen LogP contribution in [-0.2, 0) is 5.75 Å². The summed E-state index contributed by atoms with van der Waals surface area (Å²) in [5.41, 5.74) is 2.91. The van der Waals surface area contributed by atoms with Gasteiger partial charge in [-0.15, -0.1) is 10.2 Å². The number of benzene rings is 2. The Morgan fingerprint density at radius 2 is 1.79 bits per heavy atom. The predicted octanol–water partition coefficient (Wildman–Crippen LogP) is 7.09. The van der Waals surface area contributed by atoms with E-state index < -0.39 is 0 Å². The van der Waals surface area contributed by atoms with Gasteiger partial charge in [0.15, 0.2) is 10.9 Å². The number of aromatic nitrogens is 3. The van der Waals surface area contributed by atoms with Crippen LogP contribution in [0.3, 0.4) is 0 Å². The first-order valence-electron chi connectivity index (χ1n) is 8.35. The van der Waals surface area contributed by atoms with Crippen LogP contribution < -0.4 is 0 Å². The zero-order valence-electron chi connectivity index (χ0n) is 14.7. The van der Waals surface area contributed by atoms with Crippen LogP contribution >= 0.6 is 46.6 Å². The van der Waals surface area contributed by atoms with E-state index in [1.54, 1.807) is 12.3 Å². The minimum atomic E-state index is 0.608. The van der Waals surface area contributed by atoms with Crippen molar-refractivity contribution in [3.8, 4) is 17.3 Å². The van der Waals surface area contributed by atoms with Gasteiger partial charge in [0, 0.05) is 20.8 Å². The molecular weight excluding hydrogens is 437 g/mol. The topological polar surface area (TPSA) is 43.9 Å². The molecule has 2 aromatic heterocycles. The smallest absolute Gasteiger partial charge is 0.205 e. The molecule has 0 N–H and O–H groups in total. The number of aryl methyl sites for hydroxylation is 1. The van der Waals surface area contributed by atoms with Gasteiger partial charge in [0.2, 0.25) is 5.82 Å². The van der Waals surface area contributed by atoms with E-state index in [0.29, 0.717) is 37.6 Å². The second-order valence-electron chi connectivity index (χ2n) is 6.07. The molecule has 4 aromatic rings. The molecule has 0 bridgehead atoms. The largest absolute Gasteiger partial charge is 0.461 e. The minimum Gasteiger partial charge on any atom is -0.461 e.